The molecule has 0 saturated carbocycles. The Kier molecular flexibility index (Phi) is 4.36. The highest BCUT2D eigenvalue weighted by Gasteiger charge is 2.20. The molecule has 0 bridgehead atoms. The summed E-state index contributed by atoms with van der Waals surface area (Å²) in [5.74, 6) is 0.0587. The molecule has 0 N–H and O–H groups in total. The minimum absolute atomic E-state index is 0.358. The Morgan fingerprint density at radius 2 is 1.77 bits per heavy atom. The Hall–Kier alpha value is -1.98. The molecule has 2 aromatic carbocycles. The molecule has 0 amide bonds. The average molecular weight is 374 g/mol. The molecule has 0 aliphatic carbocycles. The lowest BCUT2D eigenvalue weighted by Crippen LogP contribution is -2.10. The van der Waals surface area contributed by atoms with E-state index in [1.165, 1.54) is 11.3 Å². The van der Waals surface area contributed by atoms with Gasteiger partial charge in [0.2, 0.25) is 0 Å². The van der Waals surface area contributed by atoms with Crippen LogP contribution in [-0.2, 0) is 0 Å². The van der Waals surface area contributed by atoms with E-state index >= 15 is 0 Å². The van der Waals surface area contributed by atoms with Gasteiger partial charge in [-0.25, -0.2) is 9.78 Å². The third-order valence-corrected chi connectivity index (χ3v) is 4.54. The molecule has 0 spiro atoms. The lowest BCUT2D eigenvalue weighted by Gasteiger charge is -2.04. The first-order valence-corrected chi connectivity index (χ1v) is 8.25. The van der Waals surface area contributed by atoms with Crippen LogP contribution in [0.4, 0.5) is 0 Å². The number of hydrogen-bond donors (Lipinski definition) is 0. The molecule has 0 aliphatic heterocycles. The van der Waals surface area contributed by atoms with E-state index in [-0.39, 0.29) is 0 Å². The van der Waals surface area contributed by atoms with E-state index in [2.05, 4.69) is 20.9 Å². The van der Waals surface area contributed by atoms with Gasteiger partial charge in [0, 0.05) is 4.47 Å². The van der Waals surface area contributed by atoms with Gasteiger partial charge in [0.05, 0.1) is 9.88 Å². The number of hydrogen-bond acceptors (Lipinski definition) is 4. The molecule has 1 aromatic heterocycles. The molecular formula is C17H12BrNO2S. The maximum Gasteiger partial charge on any atom is 0.363 e. The molecule has 0 atom stereocenters. The summed E-state index contributed by atoms with van der Waals surface area (Å²) in [6, 6.07) is 16.9. The second-order valence-electron chi connectivity index (χ2n) is 4.62. The molecule has 0 unspecified atom stereocenters. The largest absolute Gasteiger partial charge is 0.422 e. The molecule has 3 nitrogen and oxygen atoms in total. The second kappa shape index (κ2) is 6.42. The summed E-state index contributed by atoms with van der Waals surface area (Å²) < 4.78 is 6.35. The van der Waals surface area contributed by atoms with E-state index in [1.807, 2.05) is 49.4 Å². The van der Waals surface area contributed by atoms with Crippen LogP contribution in [0.15, 0.2) is 59.1 Å². The van der Waals surface area contributed by atoms with Gasteiger partial charge in [-0.05, 0) is 36.8 Å². The van der Waals surface area contributed by atoms with Gasteiger partial charge in [0.15, 0.2) is 5.69 Å². The van der Waals surface area contributed by atoms with Crippen LogP contribution in [0.25, 0.3) is 10.4 Å². The lowest BCUT2D eigenvalue weighted by atomic mass is 10.1. The smallest absolute Gasteiger partial charge is 0.363 e. The summed E-state index contributed by atoms with van der Waals surface area (Å²) >= 11 is 4.84. The first-order valence-electron chi connectivity index (χ1n) is 6.64. The summed E-state index contributed by atoms with van der Waals surface area (Å²) in [5, 5.41) is 0.835. The van der Waals surface area contributed by atoms with Gasteiger partial charge >= 0.3 is 5.97 Å². The first kappa shape index (κ1) is 14.9. The van der Waals surface area contributed by atoms with Crippen molar-refractivity contribution in [3.63, 3.8) is 0 Å². The van der Waals surface area contributed by atoms with E-state index in [1.54, 1.807) is 12.1 Å². The van der Waals surface area contributed by atoms with Crippen molar-refractivity contribution < 1.29 is 9.53 Å². The number of aromatic nitrogens is 1. The fourth-order valence-corrected chi connectivity index (χ4v) is 3.18. The summed E-state index contributed by atoms with van der Waals surface area (Å²) in [6.45, 7) is 1.88. The number of carbonyl (C=O) groups is 1. The van der Waals surface area contributed by atoms with Crippen LogP contribution >= 0.6 is 27.3 Å². The van der Waals surface area contributed by atoms with Crippen molar-refractivity contribution in [2.75, 3.05) is 0 Å². The van der Waals surface area contributed by atoms with Crippen molar-refractivity contribution in [3.05, 3.63) is 69.8 Å². The van der Waals surface area contributed by atoms with Crippen LogP contribution < -0.4 is 4.74 Å². The molecule has 0 radical (unpaired) electrons. The standard InChI is InChI=1S/C17H12BrNO2S/c1-11-19-15(16(22-11)12-5-3-2-4-6-12)17(20)21-14-9-7-13(18)8-10-14/h2-10H,1H3. The summed E-state index contributed by atoms with van der Waals surface area (Å²) in [7, 11) is 0. The number of rotatable bonds is 3. The van der Waals surface area contributed by atoms with Crippen molar-refractivity contribution in [2.45, 2.75) is 6.92 Å². The topological polar surface area (TPSA) is 39.2 Å². The van der Waals surface area contributed by atoms with E-state index in [4.69, 9.17) is 4.74 Å². The zero-order valence-corrected chi connectivity index (χ0v) is 14.1. The molecule has 5 heteroatoms. The van der Waals surface area contributed by atoms with E-state index in [0.29, 0.717) is 11.4 Å². The molecule has 3 aromatic rings. The fraction of sp³-hybridized carbons (Fsp3) is 0.0588. The predicted octanol–water partition coefficient (Wildman–Crippen LogP) is 5.10. The number of halogens is 1. The third-order valence-electron chi connectivity index (χ3n) is 2.99. The van der Waals surface area contributed by atoms with Crippen molar-refractivity contribution in [1.82, 2.24) is 4.98 Å². The minimum Gasteiger partial charge on any atom is -0.422 e. The predicted molar refractivity (Wildman–Crippen MR) is 91.4 cm³/mol. The molecule has 0 aliphatic rings. The van der Waals surface area contributed by atoms with E-state index < -0.39 is 5.97 Å². The van der Waals surface area contributed by atoms with Crippen LogP contribution in [0.2, 0.25) is 0 Å². The molecule has 22 heavy (non-hydrogen) atoms. The number of thiazole rings is 1. The van der Waals surface area contributed by atoms with Crippen molar-refractivity contribution in [2.24, 2.45) is 0 Å². The highest BCUT2D eigenvalue weighted by molar-refractivity contribution is 9.10. The third kappa shape index (κ3) is 3.26. The van der Waals surface area contributed by atoms with Gasteiger partial charge in [-0.1, -0.05) is 46.3 Å². The highest BCUT2D eigenvalue weighted by atomic mass is 79.9. The van der Waals surface area contributed by atoms with Gasteiger partial charge in [-0.3, -0.25) is 0 Å². The Morgan fingerprint density at radius 3 is 2.45 bits per heavy atom. The van der Waals surface area contributed by atoms with Gasteiger partial charge in [0.1, 0.15) is 5.75 Å². The van der Waals surface area contributed by atoms with Gasteiger partial charge < -0.3 is 4.74 Å². The number of carbonyl (C=O) groups excluding carboxylic acids is 1. The summed E-state index contributed by atoms with van der Waals surface area (Å²) in [6.07, 6.45) is 0. The maximum absolute atomic E-state index is 12.4. The zero-order valence-electron chi connectivity index (χ0n) is 11.7. The molecule has 110 valence electrons. The summed E-state index contributed by atoms with van der Waals surface area (Å²) in [4.78, 5) is 17.6. The Bertz CT molecular complexity index is 797. The van der Waals surface area contributed by atoms with E-state index in [9.17, 15) is 4.79 Å². The fourth-order valence-electron chi connectivity index (χ4n) is 2.01. The summed E-state index contributed by atoms with van der Waals surface area (Å²) in [5.41, 5.74) is 1.33. The Morgan fingerprint density at radius 1 is 1.09 bits per heavy atom. The van der Waals surface area contributed by atoms with Crippen LogP contribution in [0, 0.1) is 6.92 Å². The SMILES string of the molecule is Cc1nc(C(=O)Oc2ccc(Br)cc2)c(-c2ccccc2)s1. The average Bonchev–Trinajstić information content (AvgIpc) is 2.92. The van der Waals surface area contributed by atoms with Crippen LogP contribution in [0.1, 0.15) is 15.5 Å². The Balaban J connectivity index is 1.91. The van der Waals surface area contributed by atoms with E-state index in [0.717, 1.165) is 19.9 Å². The molecular weight excluding hydrogens is 362 g/mol. The van der Waals surface area contributed by atoms with Crippen LogP contribution in [0.3, 0.4) is 0 Å². The number of ether oxygens (including phenoxy) is 1. The Labute approximate surface area is 140 Å². The normalized spacial score (nSPS) is 10.5. The highest BCUT2D eigenvalue weighted by Crippen LogP contribution is 2.30. The minimum atomic E-state index is -0.439. The van der Waals surface area contributed by atoms with Gasteiger partial charge in [-0.2, -0.15) is 0 Å². The van der Waals surface area contributed by atoms with Crippen molar-refractivity contribution in [1.29, 1.82) is 0 Å². The molecule has 3 rings (SSSR count). The molecule has 0 fully saturated rings. The lowest BCUT2D eigenvalue weighted by molar-refractivity contribution is 0.0730. The molecule has 1 heterocycles. The number of benzene rings is 2. The quantitative estimate of drug-likeness (QED) is 0.473. The van der Waals surface area contributed by atoms with Crippen molar-refractivity contribution >= 4 is 33.2 Å². The number of esters is 1. The number of aryl methyl sites for hydroxylation is 1. The zero-order chi connectivity index (χ0) is 15.5. The second-order valence-corrected chi connectivity index (χ2v) is 6.74. The van der Waals surface area contributed by atoms with Gasteiger partial charge in [0.25, 0.3) is 0 Å². The van der Waals surface area contributed by atoms with Crippen LogP contribution in [-0.4, -0.2) is 11.0 Å². The van der Waals surface area contributed by atoms with Crippen LogP contribution in [0.5, 0.6) is 5.75 Å². The van der Waals surface area contributed by atoms with Gasteiger partial charge in [-0.15, -0.1) is 11.3 Å². The monoisotopic (exact) mass is 373 g/mol. The molecule has 0 saturated heterocycles. The van der Waals surface area contributed by atoms with Crippen molar-refractivity contribution in [3.8, 4) is 16.2 Å². The number of nitrogens with zero attached hydrogens (tertiary/aromatic N) is 1. The first-order chi connectivity index (χ1) is 10.6. The maximum atomic E-state index is 12.4.